The van der Waals surface area contributed by atoms with Crippen LogP contribution in [0.3, 0.4) is 0 Å². The Bertz CT molecular complexity index is 1830. The first-order valence-electron chi connectivity index (χ1n) is 16.3. The second-order valence-corrected chi connectivity index (χ2v) is 14.6. The molecule has 0 radical (unpaired) electrons. The number of benzene rings is 2. The van der Waals surface area contributed by atoms with Crippen LogP contribution in [0.5, 0.6) is 11.6 Å². The fourth-order valence-corrected chi connectivity index (χ4v) is 5.71. The Morgan fingerprint density at radius 2 is 1.77 bits per heavy atom. The van der Waals surface area contributed by atoms with Crippen LogP contribution in [0.25, 0.3) is 22.0 Å². The summed E-state index contributed by atoms with van der Waals surface area (Å²) < 4.78 is 26.9. The number of aromatic nitrogens is 3. The van der Waals surface area contributed by atoms with Crippen LogP contribution in [0.2, 0.25) is 0 Å². The minimum Gasteiger partial charge on any atom is -0.444 e. The number of nitrogens with one attached hydrogen (secondary N) is 2. The van der Waals surface area contributed by atoms with Gasteiger partial charge in [0.15, 0.2) is 0 Å². The molecular weight excluding hydrogens is 611 g/mol. The third kappa shape index (κ3) is 8.37. The molecule has 2 amide bonds. The lowest BCUT2D eigenvalue weighted by molar-refractivity contribution is -0.117. The highest BCUT2D eigenvalue weighted by Gasteiger charge is 2.28. The minimum absolute atomic E-state index is 0.0555. The van der Waals surface area contributed by atoms with Crippen molar-refractivity contribution >= 4 is 34.4 Å². The standard InChI is InChI=1S/C37H45FN6O4/c1-22-27-19-30(42-31(45)20-36(3,4)5)23(2)32(25(27)13-14-28(22)38)47-33-26(12-9-16-39-33)29-15-17-40-34(43-29)41-24-11-10-18-44(21-24)35(46)48-37(6,7)8/h9,12-17,19,24H,10-11,18,20-21H2,1-8H3,(H,42,45)(H,40,41,43)/t24-/m0/s1. The van der Waals surface area contributed by atoms with Crippen LogP contribution in [0.4, 0.5) is 20.8 Å². The molecule has 1 fully saturated rings. The average Bonchev–Trinajstić information content (AvgIpc) is 3.00. The Morgan fingerprint density at radius 1 is 1.00 bits per heavy atom. The maximum atomic E-state index is 14.8. The van der Waals surface area contributed by atoms with E-state index in [1.165, 1.54) is 6.07 Å². The quantitative estimate of drug-likeness (QED) is 0.204. The minimum atomic E-state index is -0.570. The number of halogens is 1. The molecule has 0 aliphatic carbocycles. The Kier molecular flexibility index (Phi) is 9.89. The lowest BCUT2D eigenvalue weighted by Crippen LogP contribution is -2.47. The van der Waals surface area contributed by atoms with Crippen LogP contribution >= 0.6 is 0 Å². The van der Waals surface area contributed by atoms with Crippen molar-refractivity contribution in [2.24, 2.45) is 5.41 Å². The summed E-state index contributed by atoms with van der Waals surface area (Å²) in [5.74, 6) is 0.668. The van der Waals surface area contributed by atoms with Crippen molar-refractivity contribution in [3.8, 4) is 22.9 Å². The maximum Gasteiger partial charge on any atom is 0.410 e. The number of hydrogen-bond donors (Lipinski definition) is 2. The van der Waals surface area contributed by atoms with Crippen molar-refractivity contribution in [3.05, 3.63) is 65.7 Å². The third-order valence-electron chi connectivity index (χ3n) is 8.00. The molecular formula is C37H45FN6O4. The summed E-state index contributed by atoms with van der Waals surface area (Å²) in [6.45, 7) is 16.2. The van der Waals surface area contributed by atoms with Gasteiger partial charge in [-0.1, -0.05) is 20.8 Å². The van der Waals surface area contributed by atoms with Crippen molar-refractivity contribution in [1.82, 2.24) is 19.9 Å². The predicted octanol–water partition coefficient (Wildman–Crippen LogP) is 8.43. The summed E-state index contributed by atoms with van der Waals surface area (Å²) in [4.78, 5) is 41.2. The first-order valence-corrected chi connectivity index (χ1v) is 16.3. The number of anilines is 2. The van der Waals surface area contributed by atoms with Gasteiger partial charge in [0.2, 0.25) is 17.7 Å². The van der Waals surface area contributed by atoms with Gasteiger partial charge in [0.1, 0.15) is 17.2 Å². The number of piperidine rings is 1. The van der Waals surface area contributed by atoms with Crippen molar-refractivity contribution in [2.45, 2.75) is 86.3 Å². The number of carbonyl (C=O) groups is 2. The van der Waals surface area contributed by atoms with Gasteiger partial charge in [0.05, 0.1) is 11.3 Å². The average molecular weight is 657 g/mol. The van der Waals surface area contributed by atoms with E-state index >= 15 is 0 Å². The van der Waals surface area contributed by atoms with Gasteiger partial charge in [0, 0.05) is 54.6 Å². The van der Waals surface area contributed by atoms with E-state index in [0.717, 1.165) is 12.8 Å². The number of hydrogen-bond acceptors (Lipinski definition) is 8. The highest BCUT2D eigenvalue weighted by molar-refractivity contribution is 6.00. The number of ether oxygens (including phenoxy) is 2. The topological polar surface area (TPSA) is 119 Å². The van der Waals surface area contributed by atoms with Crippen molar-refractivity contribution in [1.29, 1.82) is 0 Å². The van der Waals surface area contributed by atoms with E-state index in [9.17, 15) is 14.0 Å². The van der Waals surface area contributed by atoms with Crippen LogP contribution < -0.4 is 15.4 Å². The summed E-state index contributed by atoms with van der Waals surface area (Å²) >= 11 is 0. The van der Waals surface area contributed by atoms with Gasteiger partial charge in [-0.2, -0.15) is 0 Å². The molecule has 0 bridgehead atoms. The number of rotatable bonds is 7. The van der Waals surface area contributed by atoms with Crippen molar-refractivity contribution < 1.29 is 23.5 Å². The second-order valence-electron chi connectivity index (χ2n) is 14.6. The van der Waals surface area contributed by atoms with E-state index in [1.807, 2.05) is 54.5 Å². The molecule has 254 valence electrons. The Hall–Kier alpha value is -4.80. The van der Waals surface area contributed by atoms with E-state index in [4.69, 9.17) is 14.5 Å². The third-order valence-corrected chi connectivity index (χ3v) is 8.00. The number of aryl methyl sites for hydroxylation is 1. The van der Waals surface area contributed by atoms with Gasteiger partial charge >= 0.3 is 6.09 Å². The highest BCUT2D eigenvalue weighted by atomic mass is 19.1. The van der Waals surface area contributed by atoms with Gasteiger partial charge in [-0.3, -0.25) is 4.79 Å². The van der Waals surface area contributed by atoms with E-state index < -0.39 is 5.60 Å². The van der Waals surface area contributed by atoms with Gasteiger partial charge < -0.3 is 25.0 Å². The molecule has 1 aliphatic heterocycles. The van der Waals surface area contributed by atoms with Crippen LogP contribution in [0.1, 0.15) is 71.9 Å². The van der Waals surface area contributed by atoms with Gasteiger partial charge in [-0.25, -0.2) is 24.1 Å². The van der Waals surface area contributed by atoms with E-state index in [0.29, 0.717) is 75.9 Å². The SMILES string of the molecule is Cc1c(NC(=O)CC(C)(C)C)cc2c(C)c(F)ccc2c1Oc1ncccc1-c1ccnc(N[C@H]2CCCN(C(=O)OC(C)(C)C)C2)n1. The Morgan fingerprint density at radius 3 is 2.50 bits per heavy atom. The zero-order valence-corrected chi connectivity index (χ0v) is 29.0. The molecule has 1 atom stereocenters. The fraction of sp³-hybridized carbons (Fsp3) is 0.432. The summed E-state index contributed by atoms with van der Waals surface area (Å²) in [5, 5.41) is 7.72. The van der Waals surface area contributed by atoms with E-state index in [-0.39, 0.29) is 29.3 Å². The molecule has 0 unspecified atom stereocenters. The molecule has 1 saturated heterocycles. The normalized spacial score (nSPS) is 15.3. The molecule has 11 heteroatoms. The predicted molar refractivity (Wildman–Crippen MR) is 186 cm³/mol. The molecule has 5 rings (SSSR count). The molecule has 10 nitrogen and oxygen atoms in total. The van der Waals surface area contributed by atoms with Crippen molar-refractivity contribution in [2.75, 3.05) is 23.7 Å². The highest BCUT2D eigenvalue weighted by Crippen LogP contribution is 2.41. The maximum absolute atomic E-state index is 14.8. The summed E-state index contributed by atoms with van der Waals surface area (Å²) in [6.07, 6.45) is 4.95. The number of carbonyl (C=O) groups excluding carboxylic acids is 2. The largest absolute Gasteiger partial charge is 0.444 e. The molecule has 0 saturated carbocycles. The molecule has 2 aromatic carbocycles. The number of nitrogens with zero attached hydrogens (tertiary/aromatic N) is 4. The molecule has 4 aromatic rings. The number of pyridine rings is 1. The molecule has 0 spiro atoms. The number of likely N-dealkylation sites (tertiary alicyclic amines) is 1. The van der Waals surface area contributed by atoms with Crippen molar-refractivity contribution in [3.63, 3.8) is 0 Å². The zero-order valence-electron chi connectivity index (χ0n) is 29.0. The fourth-order valence-electron chi connectivity index (χ4n) is 5.71. The molecule has 2 aromatic heterocycles. The molecule has 48 heavy (non-hydrogen) atoms. The Balaban J connectivity index is 1.44. The molecule has 1 aliphatic rings. The first-order chi connectivity index (χ1) is 22.6. The molecule has 3 heterocycles. The molecule has 2 N–H and O–H groups in total. The zero-order chi connectivity index (χ0) is 34.8. The van der Waals surface area contributed by atoms with Gasteiger partial charge in [0.25, 0.3) is 0 Å². The number of fused-ring (bicyclic) bond motifs is 1. The van der Waals surface area contributed by atoms with E-state index in [1.54, 1.807) is 48.5 Å². The van der Waals surface area contributed by atoms with Crippen LogP contribution in [-0.2, 0) is 9.53 Å². The lowest BCUT2D eigenvalue weighted by Gasteiger charge is -2.34. The number of amides is 2. The smallest absolute Gasteiger partial charge is 0.410 e. The van der Waals surface area contributed by atoms with E-state index in [2.05, 4.69) is 20.6 Å². The summed E-state index contributed by atoms with van der Waals surface area (Å²) in [7, 11) is 0. The second kappa shape index (κ2) is 13.7. The first kappa shape index (κ1) is 34.5. The summed E-state index contributed by atoms with van der Waals surface area (Å²) in [5.41, 5.74) is 2.09. The van der Waals surface area contributed by atoms with Gasteiger partial charge in [-0.05, 0) is 100 Å². The monoisotopic (exact) mass is 656 g/mol. The van der Waals surface area contributed by atoms with Crippen LogP contribution in [-0.4, -0.2) is 56.6 Å². The van der Waals surface area contributed by atoms with Crippen LogP contribution in [0, 0.1) is 25.1 Å². The van der Waals surface area contributed by atoms with Gasteiger partial charge in [-0.15, -0.1) is 0 Å². The Labute approximate surface area is 281 Å². The van der Waals surface area contributed by atoms with Crippen LogP contribution in [0.15, 0.2) is 48.8 Å². The summed E-state index contributed by atoms with van der Waals surface area (Å²) in [6, 6.07) is 10.3. The lowest BCUT2D eigenvalue weighted by atomic mass is 9.92.